The molecule has 0 aliphatic heterocycles. The SMILES string of the molecule is CCCCC(=O)CC(CO)C(=O)OC. The molecule has 4 heteroatoms. The lowest BCUT2D eigenvalue weighted by atomic mass is 10.0. The number of hydrogen-bond acceptors (Lipinski definition) is 4. The molecule has 0 bridgehead atoms. The van der Waals surface area contributed by atoms with Crippen molar-refractivity contribution < 1.29 is 19.4 Å². The Morgan fingerprint density at radius 1 is 1.43 bits per heavy atom. The third kappa shape index (κ3) is 4.97. The summed E-state index contributed by atoms with van der Waals surface area (Å²) >= 11 is 0. The molecular formula is C10H18O4. The van der Waals surface area contributed by atoms with E-state index in [0.29, 0.717) is 6.42 Å². The zero-order valence-electron chi connectivity index (χ0n) is 8.78. The number of hydrogen-bond donors (Lipinski definition) is 1. The Morgan fingerprint density at radius 3 is 2.50 bits per heavy atom. The normalized spacial score (nSPS) is 12.2. The molecule has 0 aromatic carbocycles. The van der Waals surface area contributed by atoms with Gasteiger partial charge in [-0.3, -0.25) is 9.59 Å². The lowest BCUT2D eigenvalue weighted by molar-refractivity contribution is -0.148. The van der Waals surface area contributed by atoms with Gasteiger partial charge >= 0.3 is 5.97 Å². The summed E-state index contributed by atoms with van der Waals surface area (Å²) in [7, 11) is 1.25. The summed E-state index contributed by atoms with van der Waals surface area (Å²) in [6.07, 6.45) is 2.35. The highest BCUT2D eigenvalue weighted by atomic mass is 16.5. The first-order chi connectivity index (χ1) is 6.65. The number of carbonyl (C=O) groups excluding carboxylic acids is 2. The van der Waals surface area contributed by atoms with E-state index >= 15 is 0 Å². The molecule has 14 heavy (non-hydrogen) atoms. The van der Waals surface area contributed by atoms with Gasteiger partial charge in [0.05, 0.1) is 19.6 Å². The molecule has 0 saturated carbocycles. The summed E-state index contributed by atoms with van der Waals surface area (Å²) in [5, 5.41) is 8.85. The van der Waals surface area contributed by atoms with Crippen molar-refractivity contribution in [2.75, 3.05) is 13.7 Å². The molecule has 0 aromatic rings. The largest absolute Gasteiger partial charge is 0.469 e. The van der Waals surface area contributed by atoms with Gasteiger partial charge in [-0.25, -0.2) is 0 Å². The summed E-state index contributed by atoms with van der Waals surface area (Å²) in [5.74, 6) is -1.20. The van der Waals surface area contributed by atoms with Crippen molar-refractivity contribution in [1.82, 2.24) is 0 Å². The lowest BCUT2D eigenvalue weighted by Crippen LogP contribution is -2.23. The van der Waals surface area contributed by atoms with E-state index in [4.69, 9.17) is 5.11 Å². The second kappa shape index (κ2) is 7.50. The van der Waals surface area contributed by atoms with Gasteiger partial charge in [-0.15, -0.1) is 0 Å². The van der Waals surface area contributed by atoms with Gasteiger partial charge < -0.3 is 9.84 Å². The number of rotatable bonds is 7. The fourth-order valence-corrected chi connectivity index (χ4v) is 1.14. The van der Waals surface area contributed by atoms with Crippen LogP contribution in [0, 0.1) is 5.92 Å². The van der Waals surface area contributed by atoms with Crippen molar-refractivity contribution in [3.63, 3.8) is 0 Å². The van der Waals surface area contributed by atoms with Gasteiger partial charge in [0.25, 0.3) is 0 Å². The second-order valence-electron chi connectivity index (χ2n) is 3.25. The van der Waals surface area contributed by atoms with Crippen molar-refractivity contribution in [2.45, 2.75) is 32.6 Å². The van der Waals surface area contributed by atoms with E-state index in [1.807, 2.05) is 6.92 Å². The van der Waals surface area contributed by atoms with Crippen LogP contribution in [0.1, 0.15) is 32.6 Å². The molecule has 1 unspecified atom stereocenters. The van der Waals surface area contributed by atoms with E-state index in [2.05, 4.69) is 4.74 Å². The van der Waals surface area contributed by atoms with Crippen LogP contribution in [0.4, 0.5) is 0 Å². The molecule has 1 N–H and O–H groups in total. The second-order valence-corrected chi connectivity index (χ2v) is 3.25. The minimum absolute atomic E-state index is 0.0105. The number of carbonyl (C=O) groups is 2. The van der Waals surface area contributed by atoms with Crippen molar-refractivity contribution in [3.8, 4) is 0 Å². The fraction of sp³-hybridized carbons (Fsp3) is 0.800. The highest BCUT2D eigenvalue weighted by molar-refractivity contribution is 5.84. The van der Waals surface area contributed by atoms with Gasteiger partial charge in [-0.05, 0) is 6.42 Å². The van der Waals surface area contributed by atoms with Crippen LogP contribution in [0.15, 0.2) is 0 Å². The Bertz CT molecular complexity index is 189. The van der Waals surface area contributed by atoms with Crippen LogP contribution >= 0.6 is 0 Å². The van der Waals surface area contributed by atoms with Gasteiger partial charge in [0.1, 0.15) is 5.78 Å². The molecule has 0 heterocycles. The van der Waals surface area contributed by atoms with E-state index in [9.17, 15) is 9.59 Å². The summed E-state index contributed by atoms with van der Waals surface area (Å²) in [5.41, 5.74) is 0. The number of ether oxygens (including phenoxy) is 1. The topological polar surface area (TPSA) is 63.6 Å². The molecule has 0 aliphatic rings. The molecule has 0 fully saturated rings. The molecule has 82 valence electrons. The monoisotopic (exact) mass is 202 g/mol. The maximum atomic E-state index is 11.3. The smallest absolute Gasteiger partial charge is 0.311 e. The van der Waals surface area contributed by atoms with Crippen LogP contribution in [0.25, 0.3) is 0 Å². The maximum absolute atomic E-state index is 11.3. The van der Waals surface area contributed by atoms with Crippen LogP contribution < -0.4 is 0 Å². The Morgan fingerprint density at radius 2 is 2.07 bits per heavy atom. The van der Waals surface area contributed by atoms with Gasteiger partial charge in [-0.2, -0.15) is 0 Å². The Hall–Kier alpha value is -0.900. The van der Waals surface area contributed by atoms with Crippen molar-refractivity contribution in [1.29, 1.82) is 0 Å². The number of Topliss-reactive ketones (excluding diaryl/α,β-unsaturated/α-hetero) is 1. The summed E-state index contributed by atoms with van der Waals surface area (Å²) in [4.78, 5) is 22.3. The molecule has 0 aromatic heterocycles. The average molecular weight is 202 g/mol. The quantitative estimate of drug-likeness (QED) is 0.623. The summed E-state index contributed by atoms with van der Waals surface area (Å²) < 4.78 is 4.46. The number of ketones is 1. The predicted octanol–water partition coefficient (Wildman–Crippen LogP) is 0.917. The molecule has 0 saturated heterocycles. The first-order valence-electron chi connectivity index (χ1n) is 4.86. The molecule has 0 amide bonds. The van der Waals surface area contributed by atoms with E-state index in [-0.39, 0.29) is 18.8 Å². The highest BCUT2D eigenvalue weighted by Crippen LogP contribution is 2.08. The van der Waals surface area contributed by atoms with Gasteiger partial charge in [0, 0.05) is 12.8 Å². The number of methoxy groups -OCH3 is 1. The van der Waals surface area contributed by atoms with Gasteiger partial charge in [-0.1, -0.05) is 13.3 Å². The molecule has 0 spiro atoms. The van der Waals surface area contributed by atoms with Crippen LogP contribution in [-0.2, 0) is 14.3 Å². The number of aliphatic hydroxyl groups excluding tert-OH is 1. The summed E-state index contributed by atoms with van der Waals surface area (Å²) in [6.45, 7) is 1.67. The Kier molecular flexibility index (Phi) is 7.02. The molecule has 1 atom stereocenters. The first-order valence-corrected chi connectivity index (χ1v) is 4.86. The van der Waals surface area contributed by atoms with Crippen LogP contribution in [0.5, 0.6) is 0 Å². The number of esters is 1. The molecule has 4 nitrogen and oxygen atoms in total. The fourth-order valence-electron chi connectivity index (χ4n) is 1.14. The summed E-state index contributed by atoms with van der Waals surface area (Å²) in [6, 6.07) is 0. The van der Waals surface area contributed by atoms with Crippen molar-refractivity contribution in [3.05, 3.63) is 0 Å². The molecule has 0 radical (unpaired) electrons. The molecule has 0 aliphatic carbocycles. The Balaban J connectivity index is 3.92. The lowest BCUT2D eigenvalue weighted by Gasteiger charge is -2.10. The van der Waals surface area contributed by atoms with Gasteiger partial charge in [0.15, 0.2) is 0 Å². The van der Waals surface area contributed by atoms with Crippen LogP contribution in [0.3, 0.4) is 0 Å². The van der Waals surface area contributed by atoms with Crippen molar-refractivity contribution in [2.24, 2.45) is 5.92 Å². The van der Waals surface area contributed by atoms with E-state index in [1.54, 1.807) is 0 Å². The number of aliphatic hydroxyl groups is 1. The zero-order chi connectivity index (χ0) is 11.0. The van der Waals surface area contributed by atoms with Crippen molar-refractivity contribution >= 4 is 11.8 Å². The van der Waals surface area contributed by atoms with Crippen LogP contribution in [0.2, 0.25) is 0 Å². The maximum Gasteiger partial charge on any atom is 0.311 e. The minimum atomic E-state index is -0.690. The zero-order valence-corrected chi connectivity index (χ0v) is 8.78. The van der Waals surface area contributed by atoms with E-state index < -0.39 is 11.9 Å². The van der Waals surface area contributed by atoms with Crippen LogP contribution in [-0.4, -0.2) is 30.6 Å². The first kappa shape index (κ1) is 13.1. The Labute approximate surface area is 84.3 Å². The predicted molar refractivity (Wildman–Crippen MR) is 51.7 cm³/mol. The molecular weight excluding hydrogens is 184 g/mol. The van der Waals surface area contributed by atoms with Gasteiger partial charge in [0.2, 0.25) is 0 Å². The molecule has 0 rings (SSSR count). The standard InChI is InChI=1S/C10H18O4/c1-3-4-5-9(12)6-8(7-11)10(13)14-2/h8,11H,3-7H2,1-2H3. The highest BCUT2D eigenvalue weighted by Gasteiger charge is 2.21. The minimum Gasteiger partial charge on any atom is -0.469 e. The number of unbranched alkanes of at least 4 members (excludes halogenated alkanes) is 1. The average Bonchev–Trinajstić information content (AvgIpc) is 2.21. The van der Waals surface area contributed by atoms with E-state index in [0.717, 1.165) is 12.8 Å². The van der Waals surface area contributed by atoms with E-state index in [1.165, 1.54) is 7.11 Å². The third-order valence-electron chi connectivity index (χ3n) is 2.04. The third-order valence-corrected chi connectivity index (χ3v) is 2.04.